The summed E-state index contributed by atoms with van der Waals surface area (Å²) in [6.07, 6.45) is 1.32. The number of esters is 1. The van der Waals surface area contributed by atoms with Crippen LogP contribution in [0.2, 0.25) is 0 Å². The van der Waals surface area contributed by atoms with Gasteiger partial charge in [-0.2, -0.15) is 4.39 Å². The largest absolute Gasteiger partial charge is 0.503 e. The predicted molar refractivity (Wildman–Crippen MR) is 85.7 cm³/mol. The second-order valence-electron chi connectivity index (χ2n) is 5.05. The molecule has 0 spiro atoms. The smallest absolute Gasteiger partial charge is 0.341 e. The molecule has 7 heteroatoms. The van der Waals surface area contributed by atoms with E-state index in [0.29, 0.717) is 11.1 Å². The van der Waals surface area contributed by atoms with Gasteiger partial charge in [-0.25, -0.2) is 9.48 Å². The lowest BCUT2D eigenvalue weighted by atomic mass is 10.0. The first-order chi connectivity index (χ1) is 11.5. The summed E-state index contributed by atoms with van der Waals surface area (Å²) in [5.74, 6) is -0.766. The van der Waals surface area contributed by atoms with Gasteiger partial charge in [0, 0.05) is 7.05 Å². The Labute approximate surface area is 139 Å². The molecule has 1 heterocycles. The third kappa shape index (κ3) is 3.56. The van der Waals surface area contributed by atoms with Crippen LogP contribution >= 0.6 is 0 Å². The molecule has 6 nitrogen and oxygen atoms in total. The number of rotatable bonds is 6. The molecular formula is C17H19FN2O4. The van der Waals surface area contributed by atoms with Crippen molar-refractivity contribution in [1.82, 2.24) is 9.78 Å². The second-order valence-corrected chi connectivity index (χ2v) is 5.05. The molecule has 0 fully saturated rings. The molecule has 2 rings (SSSR count). The molecule has 0 unspecified atom stereocenters. The number of aryl methyl sites for hydroxylation is 1. The van der Waals surface area contributed by atoms with Crippen LogP contribution in [0.3, 0.4) is 0 Å². The molecule has 1 aromatic carbocycles. The predicted octanol–water partition coefficient (Wildman–Crippen LogP) is 2.61. The van der Waals surface area contributed by atoms with Crippen molar-refractivity contribution in [2.45, 2.75) is 13.5 Å². The zero-order chi connectivity index (χ0) is 17.7. The highest BCUT2D eigenvalue weighted by atomic mass is 19.1. The number of hydrogen-bond donors (Lipinski definition) is 0. The summed E-state index contributed by atoms with van der Waals surface area (Å²) < 4.78 is 30.1. The fraction of sp³-hybridized carbons (Fsp3) is 0.294. The molecule has 0 aliphatic carbocycles. The molecule has 24 heavy (non-hydrogen) atoms. The number of methoxy groups -OCH3 is 2. The summed E-state index contributed by atoms with van der Waals surface area (Å²) >= 11 is 0. The summed E-state index contributed by atoms with van der Waals surface area (Å²) in [5.41, 5.74) is 1.93. The van der Waals surface area contributed by atoms with Gasteiger partial charge >= 0.3 is 5.97 Å². The third-order valence-corrected chi connectivity index (χ3v) is 3.47. The van der Waals surface area contributed by atoms with Crippen LogP contribution in [0.25, 0.3) is 5.57 Å². The van der Waals surface area contributed by atoms with Gasteiger partial charge in [0.2, 0.25) is 11.8 Å². The first-order valence-corrected chi connectivity index (χ1v) is 7.21. The van der Waals surface area contributed by atoms with Gasteiger partial charge in [-0.1, -0.05) is 24.3 Å². The number of ether oxygens (including phenoxy) is 3. The van der Waals surface area contributed by atoms with E-state index in [1.165, 1.54) is 27.5 Å². The van der Waals surface area contributed by atoms with Crippen LogP contribution in [0.15, 0.2) is 30.5 Å². The zero-order valence-corrected chi connectivity index (χ0v) is 14.0. The average molecular weight is 334 g/mol. The van der Waals surface area contributed by atoms with Crippen molar-refractivity contribution in [3.63, 3.8) is 0 Å². The Hall–Kier alpha value is -2.83. The number of carbonyl (C=O) groups excluding carboxylic acids is 1. The van der Waals surface area contributed by atoms with E-state index in [1.54, 1.807) is 25.1 Å². The fourth-order valence-corrected chi connectivity index (χ4v) is 2.23. The van der Waals surface area contributed by atoms with Crippen molar-refractivity contribution >= 4 is 11.5 Å². The van der Waals surface area contributed by atoms with E-state index in [1.807, 2.05) is 6.07 Å². The summed E-state index contributed by atoms with van der Waals surface area (Å²) in [4.78, 5) is 12.0. The molecule has 128 valence electrons. The highest BCUT2D eigenvalue weighted by Gasteiger charge is 2.18. The maximum absolute atomic E-state index is 13.7. The molecule has 1 aromatic heterocycles. The van der Waals surface area contributed by atoms with E-state index < -0.39 is 11.9 Å². The fourth-order valence-electron chi connectivity index (χ4n) is 2.23. The Morgan fingerprint density at radius 1 is 1.33 bits per heavy atom. The van der Waals surface area contributed by atoms with Gasteiger partial charge in [0.25, 0.3) is 0 Å². The van der Waals surface area contributed by atoms with Crippen LogP contribution in [0.5, 0.6) is 5.88 Å². The van der Waals surface area contributed by atoms with E-state index in [2.05, 4.69) is 5.10 Å². The van der Waals surface area contributed by atoms with Crippen LogP contribution in [-0.4, -0.2) is 30.0 Å². The number of nitrogens with zero attached hydrogens (tertiary/aromatic N) is 2. The minimum absolute atomic E-state index is 0.117. The Kier molecular flexibility index (Phi) is 5.57. The first-order valence-electron chi connectivity index (χ1n) is 7.21. The number of benzene rings is 1. The average Bonchev–Trinajstić information content (AvgIpc) is 2.84. The van der Waals surface area contributed by atoms with Crippen molar-refractivity contribution < 1.29 is 23.4 Å². The molecule has 0 amide bonds. The molecule has 0 saturated heterocycles. The molecule has 0 radical (unpaired) electrons. The minimum atomic E-state index is -0.524. The Balaban J connectivity index is 2.30. The Morgan fingerprint density at radius 2 is 2.04 bits per heavy atom. The van der Waals surface area contributed by atoms with Crippen molar-refractivity contribution in [3.8, 4) is 5.88 Å². The maximum atomic E-state index is 13.7. The number of halogens is 1. The number of aromatic nitrogens is 2. The highest BCUT2D eigenvalue weighted by molar-refractivity contribution is 6.16. The van der Waals surface area contributed by atoms with E-state index in [4.69, 9.17) is 14.2 Å². The van der Waals surface area contributed by atoms with Crippen LogP contribution in [0.4, 0.5) is 4.39 Å². The van der Waals surface area contributed by atoms with Gasteiger partial charge in [-0.15, -0.1) is 5.10 Å². The van der Waals surface area contributed by atoms with Gasteiger partial charge in [0.05, 0.1) is 26.0 Å². The monoisotopic (exact) mass is 334 g/mol. The quantitative estimate of drug-likeness (QED) is 0.462. The normalized spacial score (nSPS) is 11.3. The van der Waals surface area contributed by atoms with Gasteiger partial charge in [0.1, 0.15) is 12.2 Å². The van der Waals surface area contributed by atoms with Crippen molar-refractivity contribution in [2.75, 3.05) is 14.2 Å². The number of hydrogen-bond acceptors (Lipinski definition) is 5. The van der Waals surface area contributed by atoms with Crippen LogP contribution in [0, 0.1) is 12.9 Å². The second kappa shape index (κ2) is 7.63. The highest BCUT2D eigenvalue weighted by Crippen LogP contribution is 2.24. The lowest BCUT2D eigenvalue weighted by molar-refractivity contribution is -0.133. The Morgan fingerprint density at radius 3 is 2.62 bits per heavy atom. The standard InChI is InChI=1S/C17H19FN2O4/c1-11-15(18)20(2)19-16(11)24-9-12-7-5-6-8-13(12)14(10-22-3)17(21)23-4/h5-8,10H,9H2,1-4H3/b14-10+. The molecule has 0 aliphatic heterocycles. The van der Waals surface area contributed by atoms with E-state index >= 15 is 0 Å². The molecule has 0 atom stereocenters. The molecule has 0 N–H and O–H groups in total. The lowest BCUT2D eigenvalue weighted by Crippen LogP contribution is -2.08. The van der Waals surface area contributed by atoms with Crippen molar-refractivity contribution in [3.05, 3.63) is 53.2 Å². The maximum Gasteiger partial charge on any atom is 0.341 e. The summed E-state index contributed by atoms with van der Waals surface area (Å²) in [5, 5.41) is 3.98. The molecule has 0 aliphatic rings. The molecule has 0 bridgehead atoms. The van der Waals surface area contributed by atoms with Gasteiger partial charge < -0.3 is 14.2 Å². The van der Waals surface area contributed by atoms with Gasteiger partial charge in [-0.05, 0) is 18.1 Å². The van der Waals surface area contributed by atoms with Crippen LogP contribution in [0.1, 0.15) is 16.7 Å². The van der Waals surface area contributed by atoms with Crippen LogP contribution < -0.4 is 4.74 Å². The van der Waals surface area contributed by atoms with E-state index in [0.717, 1.165) is 10.2 Å². The summed E-state index contributed by atoms with van der Waals surface area (Å²) in [7, 11) is 4.24. The lowest BCUT2D eigenvalue weighted by Gasteiger charge is -2.12. The Bertz CT molecular complexity index is 768. The van der Waals surface area contributed by atoms with Crippen LogP contribution in [-0.2, 0) is 27.9 Å². The minimum Gasteiger partial charge on any atom is -0.503 e. The SMILES string of the molecule is CO/C=C(/C(=O)OC)c1ccccc1COc1nn(C)c(F)c1C. The topological polar surface area (TPSA) is 62.6 Å². The van der Waals surface area contributed by atoms with E-state index in [9.17, 15) is 9.18 Å². The molecule has 2 aromatic rings. The first kappa shape index (κ1) is 17.5. The zero-order valence-electron chi connectivity index (χ0n) is 14.0. The number of carbonyl (C=O) groups is 1. The van der Waals surface area contributed by atoms with E-state index in [-0.39, 0.29) is 18.1 Å². The summed E-state index contributed by atoms with van der Waals surface area (Å²) in [6.45, 7) is 1.71. The summed E-state index contributed by atoms with van der Waals surface area (Å²) in [6, 6.07) is 7.16. The third-order valence-electron chi connectivity index (χ3n) is 3.47. The van der Waals surface area contributed by atoms with Gasteiger partial charge in [0.15, 0.2) is 0 Å². The van der Waals surface area contributed by atoms with Gasteiger partial charge in [-0.3, -0.25) is 0 Å². The van der Waals surface area contributed by atoms with Crippen molar-refractivity contribution in [2.24, 2.45) is 7.05 Å². The van der Waals surface area contributed by atoms with Crippen molar-refractivity contribution in [1.29, 1.82) is 0 Å². The molecule has 0 saturated carbocycles. The molecular weight excluding hydrogens is 315 g/mol.